The minimum absolute atomic E-state index is 0.713. The van der Waals surface area contributed by atoms with Crippen molar-refractivity contribution in [1.82, 2.24) is 0 Å². The highest BCUT2D eigenvalue weighted by atomic mass is 14.3. The smallest absolute Gasteiger partial charge is 0.0991 e. The average Bonchev–Trinajstić information content (AvgIpc) is 2.69. The topological polar surface area (TPSA) is 23.8 Å². The molecule has 25 heavy (non-hydrogen) atoms. The molecule has 1 saturated carbocycles. The summed E-state index contributed by atoms with van der Waals surface area (Å²) in [7, 11) is 0. The lowest BCUT2D eigenvalue weighted by atomic mass is 9.78. The van der Waals surface area contributed by atoms with E-state index in [1.165, 1.54) is 55.2 Å². The van der Waals surface area contributed by atoms with Crippen LogP contribution in [0.4, 0.5) is 0 Å². The first-order chi connectivity index (χ1) is 12.3. The predicted octanol–water partition coefficient (Wildman–Crippen LogP) is 6.86. The van der Waals surface area contributed by atoms with Crippen LogP contribution in [-0.4, -0.2) is 0 Å². The molecule has 1 aliphatic rings. The largest absolute Gasteiger partial charge is 0.192 e. The monoisotopic (exact) mass is 329 g/mol. The van der Waals surface area contributed by atoms with Gasteiger partial charge < -0.3 is 0 Å². The van der Waals surface area contributed by atoms with Crippen molar-refractivity contribution in [2.24, 2.45) is 5.92 Å². The van der Waals surface area contributed by atoms with Gasteiger partial charge >= 0.3 is 0 Å². The third-order valence-corrected chi connectivity index (χ3v) is 5.36. The zero-order chi connectivity index (χ0) is 17.5. The van der Waals surface area contributed by atoms with Crippen molar-refractivity contribution in [2.45, 2.75) is 51.4 Å². The first-order valence-electron chi connectivity index (χ1n) is 9.57. The van der Waals surface area contributed by atoms with Crippen LogP contribution in [0.5, 0.6) is 0 Å². The molecule has 0 N–H and O–H groups in total. The van der Waals surface area contributed by atoms with Crippen LogP contribution in [0.25, 0.3) is 11.1 Å². The van der Waals surface area contributed by atoms with Gasteiger partial charge in [-0.15, -0.1) is 0 Å². The highest BCUT2D eigenvalue weighted by Crippen LogP contribution is 2.37. The molecule has 2 aromatic rings. The molecule has 0 unspecified atom stereocenters. The van der Waals surface area contributed by atoms with Gasteiger partial charge in [-0.3, -0.25) is 0 Å². The van der Waals surface area contributed by atoms with Crippen LogP contribution in [0.15, 0.2) is 60.7 Å². The molecular formula is C24H27N. The molecule has 0 heterocycles. The van der Waals surface area contributed by atoms with Crippen molar-refractivity contribution < 1.29 is 0 Å². The molecule has 0 amide bonds. The zero-order valence-corrected chi connectivity index (χ0v) is 15.1. The Balaban J connectivity index is 1.60. The lowest BCUT2D eigenvalue weighted by molar-refractivity contribution is 0.375. The molecule has 0 aliphatic heterocycles. The summed E-state index contributed by atoms with van der Waals surface area (Å²) in [4.78, 5) is 0. The van der Waals surface area contributed by atoms with Gasteiger partial charge in [0.25, 0.3) is 0 Å². The Kier molecular flexibility index (Phi) is 6.07. The first-order valence-corrected chi connectivity index (χ1v) is 9.57. The Morgan fingerprint density at radius 2 is 1.52 bits per heavy atom. The number of nitrogens with zero attached hydrogens (tertiary/aromatic N) is 1. The number of rotatable bonds is 5. The Labute approximate surface area is 152 Å². The fourth-order valence-corrected chi connectivity index (χ4v) is 3.79. The van der Waals surface area contributed by atoms with Gasteiger partial charge in [-0.1, -0.05) is 61.9 Å². The molecule has 0 spiro atoms. The molecule has 0 aromatic heterocycles. The Bertz CT molecular complexity index is 723. The van der Waals surface area contributed by atoms with Gasteiger partial charge in [0.1, 0.15) is 0 Å². The van der Waals surface area contributed by atoms with Crippen LogP contribution in [0.1, 0.15) is 62.5 Å². The molecule has 1 aliphatic carbocycles. The maximum absolute atomic E-state index is 8.90. The van der Waals surface area contributed by atoms with E-state index in [-0.39, 0.29) is 0 Å². The van der Waals surface area contributed by atoms with E-state index >= 15 is 0 Å². The molecule has 1 heteroatoms. The van der Waals surface area contributed by atoms with Crippen LogP contribution in [0.3, 0.4) is 0 Å². The van der Waals surface area contributed by atoms with Gasteiger partial charge in [-0.05, 0) is 72.8 Å². The lowest BCUT2D eigenvalue weighted by Crippen LogP contribution is -2.11. The Morgan fingerprint density at radius 3 is 2.08 bits per heavy atom. The predicted molar refractivity (Wildman–Crippen MR) is 105 cm³/mol. The zero-order valence-electron chi connectivity index (χ0n) is 15.1. The maximum Gasteiger partial charge on any atom is 0.0991 e. The second-order valence-corrected chi connectivity index (χ2v) is 7.14. The van der Waals surface area contributed by atoms with Crippen molar-refractivity contribution in [1.29, 1.82) is 5.26 Å². The maximum atomic E-state index is 8.90. The van der Waals surface area contributed by atoms with Crippen molar-refractivity contribution in [3.63, 3.8) is 0 Å². The summed E-state index contributed by atoms with van der Waals surface area (Å²) in [6, 6.07) is 19.0. The Hall–Kier alpha value is -2.33. The molecule has 0 bridgehead atoms. The fourth-order valence-electron chi connectivity index (χ4n) is 3.79. The van der Waals surface area contributed by atoms with Crippen LogP contribution in [-0.2, 0) is 0 Å². The van der Waals surface area contributed by atoms with Gasteiger partial charge in [0, 0.05) is 0 Å². The van der Waals surface area contributed by atoms with Crippen LogP contribution in [0, 0.1) is 17.2 Å². The highest BCUT2D eigenvalue weighted by Gasteiger charge is 2.20. The van der Waals surface area contributed by atoms with E-state index in [9.17, 15) is 0 Å². The van der Waals surface area contributed by atoms with Gasteiger partial charge in [-0.2, -0.15) is 5.26 Å². The molecule has 0 radical (unpaired) electrons. The van der Waals surface area contributed by atoms with E-state index < -0.39 is 0 Å². The van der Waals surface area contributed by atoms with Gasteiger partial charge in [0.15, 0.2) is 0 Å². The van der Waals surface area contributed by atoms with E-state index in [1.54, 1.807) is 0 Å². The number of hydrogen-bond acceptors (Lipinski definition) is 1. The van der Waals surface area contributed by atoms with E-state index in [4.69, 9.17) is 5.26 Å². The molecule has 2 aromatic carbocycles. The summed E-state index contributed by atoms with van der Waals surface area (Å²) < 4.78 is 0. The van der Waals surface area contributed by atoms with Gasteiger partial charge in [-0.25, -0.2) is 0 Å². The second kappa shape index (κ2) is 8.67. The van der Waals surface area contributed by atoms with Gasteiger partial charge in [0.2, 0.25) is 0 Å². The standard InChI is InChI=1S/C24H27N/c1-2-3-4-5-19-6-10-21(11-7-19)23-14-16-24(17-15-23)22-12-8-20(18-25)9-13-22/h4-5,8-9,12-17,19,21H,2-3,6-7,10-11H2,1H3/b5-4-. The number of hydrogen-bond donors (Lipinski definition) is 0. The molecule has 128 valence electrons. The Morgan fingerprint density at radius 1 is 0.920 bits per heavy atom. The molecule has 1 fully saturated rings. The van der Waals surface area contributed by atoms with E-state index in [2.05, 4.69) is 49.4 Å². The molecular weight excluding hydrogens is 302 g/mol. The number of unbranched alkanes of at least 4 members (excludes halogenated alkanes) is 1. The molecule has 3 rings (SSSR count). The molecule has 0 atom stereocenters. The van der Waals surface area contributed by atoms with Crippen molar-refractivity contribution in [3.8, 4) is 17.2 Å². The van der Waals surface area contributed by atoms with Crippen molar-refractivity contribution in [2.75, 3.05) is 0 Å². The number of benzene rings is 2. The quantitative estimate of drug-likeness (QED) is 0.550. The summed E-state index contributed by atoms with van der Waals surface area (Å²) in [5, 5.41) is 8.90. The normalized spacial score (nSPS) is 20.5. The minimum atomic E-state index is 0.713. The summed E-state index contributed by atoms with van der Waals surface area (Å²) in [6.45, 7) is 2.24. The van der Waals surface area contributed by atoms with E-state index in [0.29, 0.717) is 11.5 Å². The second-order valence-electron chi connectivity index (χ2n) is 7.14. The summed E-state index contributed by atoms with van der Waals surface area (Å²) in [5.41, 5.74) is 4.60. The summed E-state index contributed by atoms with van der Waals surface area (Å²) in [5.74, 6) is 1.51. The van der Waals surface area contributed by atoms with Crippen LogP contribution in [0.2, 0.25) is 0 Å². The van der Waals surface area contributed by atoms with Crippen molar-refractivity contribution >= 4 is 0 Å². The van der Waals surface area contributed by atoms with Crippen molar-refractivity contribution in [3.05, 3.63) is 71.8 Å². The van der Waals surface area contributed by atoms with E-state index in [1.807, 2.05) is 24.3 Å². The lowest BCUT2D eigenvalue weighted by Gasteiger charge is -2.27. The van der Waals surface area contributed by atoms with Crippen LogP contribution < -0.4 is 0 Å². The molecule has 1 nitrogen and oxygen atoms in total. The van der Waals surface area contributed by atoms with Crippen LogP contribution >= 0.6 is 0 Å². The summed E-state index contributed by atoms with van der Waals surface area (Å²) in [6.07, 6.45) is 12.5. The summed E-state index contributed by atoms with van der Waals surface area (Å²) >= 11 is 0. The number of nitriles is 1. The molecule has 0 saturated heterocycles. The average molecular weight is 329 g/mol. The fraction of sp³-hybridized carbons (Fsp3) is 0.375. The third-order valence-electron chi connectivity index (χ3n) is 5.36. The first kappa shape index (κ1) is 17.5. The number of allylic oxidation sites excluding steroid dienone is 2. The van der Waals surface area contributed by atoms with E-state index in [0.717, 1.165) is 5.92 Å². The SMILES string of the molecule is CCC/C=C\C1CCC(c2ccc(-c3ccc(C#N)cc3)cc2)CC1. The van der Waals surface area contributed by atoms with Gasteiger partial charge in [0.05, 0.1) is 11.6 Å². The highest BCUT2D eigenvalue weighted by molar-refractivity contribution is 5.64. The third kappa shape index (κ3) is 4.60. The minimum Gasteiger partial charge on any atom is -0.192 e.